The van der Waals surface area contributed by atoms with Gasteiger partial charge in [-0.05, 0) is 83.8 Å². The topological polar surface area (TPSA) is 109 Å². The maximum absolute atomic E-state index is 12.6. The largest absolute Gasteiger partial charge is 0.493 e. The number of rotatable bonds is 15. The van der Waals surface area contributed by atoms with Crippen LogP contribution < -0.4 is 24.6 Å². The lowest BCUT2D eigenvalue weighted by Gasteiger charge is -2.28. The maximum Gasteiger partial charge on any atom is 0.275 e. The summed E-state index contributed by atoms with van der Waals surface area (Å²) in [5.74, 6) is 1.16. The van der Waals surface area contributed by atoms with E-state index in [1.54, 1.807) is 42.5 Å². The van der Waals surface area contributed by atoms with E-state index in [1.165, 1.54) is 7.11 Å². The first-order chi connectivity index (χ1) is 23.4. The molecule has 5 aromatic rings. The molecule has 48 heavy (non-hydrogen) atoms. The van der Waals surface area contributed by atoms with Crippen molar-refractivity contribution in [1.29, 1.82) is 5.26 Å². The van der Waals surface area contributed by atoms with Gasteiger partial charge in [-0.1, -0.05) is 48.3 Å². The molecule has 5 rings (SSSR count). The Bertz CT molecular complexity index is 1850. The third kappa shape index (κ3) is 9.28. The number of nitrogens with one attached hydrogen (secondary N) is 2. The zero-order valence-corrected chi connectivity index (χ0v) is 27.9. The number of amides is 1. The summed E-state index contributed by atoms with van der Waals surface area (Å²) in [7, 11) is 1.38. The molecule has 0 saturated carbocycles. The summed E-state index contributed by atoms with van der Waals surface area (Å²) in [6.45, 7) is 3.83. The quantitative estimate of drug-likeness (QED) is 0.0858. The predicted molar refractivity (Wildman–Crippen MR) is 190 cm³/mol. The number of hydroxylamine groups is 1. The Morgan fingerprint density at radius 1 is 0.896 bits per heavy atom. The zero-order chi connectivity index (χ0) is 33.7. The Labute approximate surface area is 285 Å². The number of benzene rings is 4. The standard InChI is InChI=1S/C38H37N5O4S/c1-27-36(42-48-3)7-4-8-37(27)43(25-30-11-9-28(23-39)10-12-30)26-31-13-15-33(16-14-31)47-35-21-32(38(44)41-45-2)20-34(22-35)46-19-17-29-6-5-18-40-24-29/h4-16,18,20-22,24,42H,17,19,25-26H2,1-3H3,(H,41,44). The van der Waals surface area contributed by atoms with E-state index < -0.39 is 5.91 Å². The van der Waals surface area contributed by atoms with E-state index in [2.05, 4.69) is 51.3 Å². The maximum atomic E-state index is 12.6. The molecule has 0 aliphatic rings. The second-order valence-electron chi connectivity index (χ2n) is 11.0. The lowest BCUT2D eigenvalue weighted by molar-refractivity contribution is 0.0537. The van der Waals surface area contributed by atoms with Crippen LogP contribution in [0.4, 0.5) is 11.4 Å². The van der Waals surface area contributed by atoms with Crippen molar-refractivity contribution in [3.8, 4) is 23.3 Å². The van der Waals surface area contributed by atoms with E-state index in [1.807, 2.05) is 66.9 Å². The van der Waals surface area contributed by atoms with Crippen molar-refractivity contribution < 1.29 is 19.1 Å². The van der Waals surface area contributed by atoms with Gasteiger partial charge in [-0.25, -0.2) is 5.48 Å². The van der Waals surface area contributed by atoms with Crippen LogP contribution in [-0.2, 0) is 24.3 Å². The highest BCUT2D eigenvalue weighted by Gasteiger charge is 2.15. The average Bonchev–Trinajstić information content (AvgIpc) is 3.11. The van der Waals surface area contributed by atoms with E-state index in [0.717, 1.165) is 33.6 Å². The van der Waals surface area contributed by atoms with Crippen molar-refractivity contribution in [1.82, 2.24) is 10.5 Å². The molecule has 0 spiro atoms. The molecule has 0 radical (unpaired) electrons. The van der Waals surface area contributed by atoms with Crippen LogP contribution in [0, 0.1) is 18.3 Å². The van der Waals surface area contributed by atoms with Crippen molar-refractivity contribution in [2.45, 2.75) is 26.4 Å². The molecule has 0 unspecified atom stereocenters. The molecule has 0 fully saturated rings. The lowest BCUT2D eigenvalue weighted by Crippen LogP contribution is -2.23. The van der Waals surface area contributed by atoms with Crippen molar-refractivity contribution in [3.63, 3.8) is 0 Å². The number of hydrogen-bond donors (Lipinski definition) is 2. The van der Waals surface area contributed by atoms with Crippen LogP contribution in [0.2, 0.25) is 0 Å². The molecular weight excluding hydrogens is 623 g/mol. The number of carbonyl (C=O) groups is 1. The number of aromatic nitrogens is 1. The van der Waals surface area contributed by atoms with Gasteiger partial charge in [-0.15, -0.1) is 0 Å². The number of hydrogen-bond acceptors (Lipinski definition) is 9. The van der Waals surface area contributed by atoms with Gasteiger partial charge in [0.25, 0.3) is 5.91 Å². The molecule has 0 aliphatic heterocycles. The summed E-state index contributed by atoms with van der Waals surface area (Å²) in [4.78, 5) is 23.9. The molecule has 2 N–H and O–H groups in total. The van der Waals surface area contributed by atoms with Crippen molar-refractivity contribution >= 4 is 29.2 Å². The van der Waals surface area contributed by atoms with Gasteiger partial charge in [-0.2, -0.15) is 5.26 Å². The molecule has 4 aromatic carbocycles. The number of nitriles is 1. The normalized spacial score (nSPS) is 10.5. The van der Waals surface area contributed by atoms with Crippen LogP contribution in [0.5, 0.6) is 17.2 Å². The molecular formula is C38H37N5O4S. The SMILES string of the molecule is CONC(=O)c1cc(OCCc2cccnc2)cc(Oc2ccc(CN(Cc3ccc(C#N)cc3)c3cccc(NSC)c3C)cc2)c1. The molecule has 0 aliphatic carbocycles. The Hall–Kier alpha value is -5.50. The van der Waals surface area contributed by atoms with E-state index >= 15 is 0 Å². The molecule has 10 heteroatoms. The number of anilines is 2. The van der Waals surface area contributed by atoms with Crippen LogP contribution in [0.1, 0.15) is 38.2 Å². The van der Waals surface area contributed by atoms with Gasteiger partial charge in [0.2, 0.25) is 0 Å². The number of pyridine rings is 1. The summed E-state index contributed by atoms with van der Waals surface area (Å²) in [5, 5.41) is 9.25. The van der Waals surface area contributed by atoms with Crippen LogP contribution in [0.3, 0.4) is 0 Å². The summed E-state index contributed by atoms with van der Waals surface area (Å²) >= 11 is 1.56. The second-order valence-corrected chi connectivity index (χ2v) is 11.6. The molecule has 1 amide bonds. The second kappa shape index (κ2) is 16.9. The van der Waals surface area contributed by atoms with E-state index in [9.17, 15) is 10.1 Å². The van der Waals surface area contributed by atoms with Gasteiger partial charge in [0.1, 0.15) is 17.2 Å². The van der Waals surface area contributed by atoms with Crippen LogP contribution >= 0.6 is 11.9 Å². The first kappa shape index (κ1) is 33.9. The van der Waals surface area contributed by atoms with Gasteiger partial charge in [0.05, 0.1) is 25.3 Å². The van der Waals surface area contributed by atoms with Crippen molar-refractivity contribution in [2.24, 2.45) is 0 Å². The minimum Gasteiger partial charge on any atom is -0.493 e. The highest BCUT2D eigenvalue weighted by atomic mass is 32.2. The fourth-order valence-corrected chi connectivity index (χ4v) is 5.61. The molecule has 244 valence electrons. The summed E-state index contributed by atoms with van der Waals surface area (Å²) in [5.41, 5.74) is 9.91. The molecule has 1 heterocycles. The van der Waals surface area contributed by atoms with Gasteiger partial charge in [0, 0.05) is 61.2 Å². The highest BCUT2D eigenvalue weighted by molar-refractivity contribution is 7.99. The third-order valence-corrected chi connectivity index (χ3v) is 7.99. The fraction of sp³-hybridized carbons (Fsp3) is 0.184. The van der Waals surface area contributed by atoms with Crippen molar-refractivity contribution in [2.75, 3.05) is 29.6 Å². The van der Waals surface area contributed by atoms with E-state index in [4.69, 9.17) is 14.3 Å². The molecule has 1 aromatic heterocycles. The zero-order valence-electron chi connectivity index (χ0n) is 27.1. The number of carbonyl (C=O) groups excluding carboxylic acids is 1. The minimum atomic E-state index is -0.412. The number of nitrogens with zero attached hydrogens (tertiary/aromatic N) is 3. The Morgan fingerprint density at radius 2 is 1.62 bits per heavy atom. The third-order valence-electron chi connectivity index (χ3n) is 7.57. The smallest absolute Gasteiger partial charge is 0.275 e. The van der Waals surface area contributed by atoms with Crippen LogP contribution in [0.25, 0.3) is 0 Å². The van der Waals surface area contributed by atoms with Gasteiger partial charge in [0.15, 0.2) is 0 Å². The summed E-state index contributed by atoms with van der Waals surface area (Å²) < 4.78 is 15.6. The average molecular weight is 660 g/mol. The minimum absolute atomic E-state index is 0.342. The van der Waals surface area contributed by atoms with Gasteiger partial charge < -0.3 is 19.1 Å². The van der Waals surface area contributed by atoms with E-state index in [0.29, 0.717) is 54.5 Å². The summed E-state index contributed by atoms with van der Waals surface area (Å²) in [6.07, 6.45) is 6.21. The fourth-order valence-electron chi connectivity index (χ4n) is 5.17. The first-order valence-corrected chi connectivity index (χ1v) is 16.6. The number of ether oxygens (including phenoxy) is 2. The first-order valence-electron chi connectivity index (χ1n) is 15.3. The van der Waals surface area contributed by atoms with Crippen LogP contribution in [-0.4, -0.2) is 30.9 Å². The molecule has 0 saturated heterocycles. The highest BCUT2D eigenvalue weighted by Crippen LogP contribution is 2.32. The van der Waals surface area contributed by atoms with Gasteiger partial charge in [-0.3, -0.25) is 14.6 Å². The van der Waals surface area contributed by atoms with Crippen LogP contribution in [0.15, 0.2) is 109 Å². The molecule has 0 bridgehead atoms. The Morgan fingerprint density at radius 3 is 2.29 bits per heavy atom. The Balaban J connectivity index is 1.34. The predicted octanol–water partition coefficient (Wildman–Crippen LogP) is 7.86. The molecule has 9 nitrogen and oxygen atoms in total. The van der Waals surface area contributed by atoms with Gasteiger partial charge >= 0.3 is 0 Å². The lowest BCUT2D eigenvalue weighted by atomic mass is 10.1. The van der Waals surface area contributed by atoms with Crippen molar-refractivity contribution in [3.05, 3.63) is 143 Å². The monoisotopic (exact) mass is 659 g/mol. The summed E-state index contributed by atoms with van der Waals surface area (Å²) in [6, 6.07) is 33.0. The van der Waals surface area contributed by atoms with E-state index in [-0.39, 0.29) is 0 Å². The molecule has 0 atom stereocenters. The Kier molecular flexibility index (Phi) is 11.9.